The number of urea groups is 1. The summed E-state index contributed by atoms with van der Waals surface area (Å²) in [6, 6.07) is 10.8. The molecular weight excluding hydrogens is 312 g/mol. The van der Waals surface area contributed by atoms with Gasteiger partial charge in [0.25, 0.3) is 0 Å². The van der Waals surface area contributed by atoms with Gasteiger partial charge in [-0.2, -0.15) is 0 Å². The quantitative estimate of drug-likeness (QED) is 0.798. The van der Waals surface area contributed by atoms with Crippen molar-refractivity contribution in [1.29, 1.82) is 0 Å². The Labute approximate surface area is 141 Å². The topological polar surface area (TPSA) is 50.4 Å². The smallest absolute Gasteiger partial charge is 0.323 e. The molecule has 2 aromatic carbocycles. The maximum absolute atomic E-state index is 12.4. The first-order valence-corrected chi connectivity index (χ1v) is 7.99. The highest BCUT2D eigenvalue weighted by molar-refractivity contribution is 6.31. The Hall–Kier alpha value is -2.20. The van der Waals surface area contributed by atoms with E-state index in [4.69, 9.17) is 16.3 Å². The van der Waals surface area contributed by atoms with Gasteiger partial charge in [-0.05, 0) is 42.2 Å². The highest BCUT2D eigenvalue weighted by Crippen LogP contribution is 2.28. The third kappa shape index (κ3) is 4.17. The second-order valence-corrected chi connectivity index (χ2v) is 5.52. The summed E-state index contributed by atoms with van der Waals surface area (Å²) in [6.45, 7) is 4.13. The average molecular weight is 333 g/mol. The summed E-state index contributed by atoms with van der Waals surface area (Å²) < 4.78 is 5.24. The normalized spacial score (nSPS) is 10.3. The zero-order chi connectivity index (χ0) is 16.8. The predicted octanol–water partition coefficient (Wildman–Crippen LogP) is 5.12. The van der Waals surface area contributed by atoms with Gasteiger partial charge in [0.2, 0.25) is 0 Å². The van der Waals surface area contributed by atoms with Crippen LogP contribution in [0, 0.1) is 0 Å². The van der Waals surface area contributed by atoms with Crippen LogP contribution in [-0.4, -0.2) is 13.1 Å². The lowest BCUT2D eigenvalue weighted by atomic mass is 10.0. The number of para-hydroxylation sites is 1. The van der Waals surface area contributed by atoms with Crippen molar-refractivity contribution in [2.45, 2.75) is 26.7 Å². The van der Waals surface area contributed by atoms with Crippen molar-refractivity contribution in [3.63, 3.8) is 0 Å². The molecule has 2 rings (SSSR count). The van der Waals surface area contributed by atoms with E-state index in [1.54, 1.807) is 25.3 Å². The molecule has 0 aliphatic rings. The molecule has 0 bridgehead atoms. The Morgan fingerprint density at radius 3 is 2.30 bits per heavy atom. The fraction of sp³-hybridized carbons (Fsp3) is 0.278. The summed E-state index contributed by atoms with van der Waals surface area (Å²) in [5.41, 5.74) is 3.62. The summed E-state index contributed by atoms with van der Waals surface area (Å²) in [5.74, 6) is 0.559. The van der Waals surface area contributed by atoms with Crippen LogP contribution in [0.15, 0.2) is 36.4 Å². The molecule has 0 radical (unpaired) electrons. The molecule has 122 valence electrons. The van der Waals surface area contributed by atoms with Crippen LogP contribution < -0.4 is 15.4 Å². The molecule has 2 amide bonds. The van der Waals surface area contributed by atoms with Crippen LogP contribution in [0.25, 0.3) is 0 Å². The average Bonchev–Trinajstić information content (AvgIpc) is 2.55. The van der Waals surface area contributed by atoms with Gasteiger partial charge >= 0.3 is 6.03 Å². The number of benzene rings is 2. The number of carbonyl (C=O) groups excluding carboxylic acids is 1. The molecule has 2 aromatic rings. The fourth-order valence-corrected chi connectivity index (χ4v) is 2.62. The van der Waals surface area contributed by atoms with E-state index in [0.29, 0.717) is 16.5 Å². The van der Waals surface area contributed by atoms with Crippen molar-refractivity contribution in [1.82, 2.24) is 0 Å². The van der Waals surface area contributed by atoms with Crippen molar-refractivity contribution < 1.29 is 9.53 Å². The first-order chi connectivity index (χ1) is 11.1. The van der Waals surface area contributed by atoms with Crippen molar-refractivity contribution in [3.05, 3.63) is 52.5 Å². The minimum absolute atomic E-state index is 0.318. The monoisotopic (exact) mass is 332 g/mol. The van der Waals surface area contributed by atoms with E-state index in [0.717, 1.165) is 29.7 Å². The van der Waals surface area contributed by atoms with Crippen molar-refractivity contribution in [2.24, 2.45) is 0 Å². The van der Waals surface area contributed by atoms with E-state index in [1.807, 2.05) is 18.2 Å². The second kappa shape index (κ2) is 7.88. The summed E-state index contributed by atoms with van der Waals surface area (Å²) in [7, 11) is 1.55. The molecular formula is C18H21ClN2O2. The lowest BCUT2D eigenvalue weighted by Crippen LogP contribution is -2.21. The van der Waals surface area contributed by atoms with Crippen molar-refractivity contribution in [3.8, 4) is 5.75 Å². The molecule has 0 fully saturated rings. The van der Waals surface area contributed by atoms with Crippen LogP contribution in [-0.2, 0) is 12.8 Å². The van der Waals surface area contributed by atoms with Crippen LogP contribution in [0.5, 0.6) is 5.75 Å². The molecule has 0 aliphatic heterocycles. The number of carbonyl (C=O) groups is 1. The van der Waals surface area contributed by atoms with Gasteiger partial charge in [0.15, 0.2) is 0 Å². The highest BCUT2D eigenvalue weighted by atomic mass is 35.5. The molecule has 0 saturated carbocycles. The Kier molecular flexibility index (Phi) is 5.88. The largest absolute Gasteiger partial charge is 0.495 e. The second-order valence-electron chi connectivity index (χ2n) is 5.08. The number of halogens is 1. The van der Waals surface area contributed by atoms with E-state index >= 15 is 0 Å². The van der Waals surface area contributed by atoms with Gasteiger partial charge in [0.1, 0.15) is 5.75 Å². The molecule has 0 unspecified atom stereocenters. The van der Waals surface area contributed by atoms with Gasteiger partial charge in [-0.1, -0.05) is 43.6 Å². The maximum Gasteiger partial charge on any atom is 0.323 e. The first kappa shape index (κ1) is 17.2. The van der Waals surface area contributed by atoms with Gasteiger partial charge in [0.05, 0.1) is 12.8 Å². The third-order valence-electron chi connectivity index (χ3n) is 3.65. The summed E-state index contributed by atoms with van der Waals surface area (Å²) >= 11 is 5.99. The summed E-state index contributed by atoms with van der Waals surface area (Å²) in [4.78, 5) is 12.4. The number of hydrogen-bond donors (Lipinski definition) is 2. The molecule has 2 N–H and O–H groups in total. The minimum atomic E-state index is -0.318. The number of rotatable bonds is 5. The predicted molar refractivity (Wildman–Crippen MR) is 95.8 cm³/mol. The Balaban J connectivity index is 2.22. The number of methoxy groups -OCH3 is 1. The van der Waals surface area contributed by atoms with E-state index in [2.05, 4.69) is 24.5 Å². The van der Waals surface area contributed by atoms with E-state index < -0.39 is 0 Å². The summed E-state index contributed by atoms with van der Waals surface area (Å²) in [6.07, 6.45) is 1.70. The maximum atomic E-state index is 12.4. The Morgan fingerprint density at radius 2 is 1.74 bits per heavy atom. The van der Waals surface area contributed by atoms with Gasteiger partial charge in [-0.15, -0.1) is 0 Å². The molecule has 0 aliphatic carbocycles. The molecule has 23 heavy (non-hydrogen) atoms. The molecule has 0 heterocycles. The number of anilines is 2. The molecule has 5 heteroatoms. The Bertz CT molecular complexity index is 679. The van der Waals surface area contributed by atoms with Crippen molar-refractivity contribution >= 4 is 29.0 Å². The molecule has 4 nitrogen and oxygen atoms in total. The van der Waals surface area contributed by atoms with Crippen LogP contribution in [0.4, 0.5) is 16.2 Å². The lowest BCUT2D eigenvalue weighted by molar-refractivity contribution is 0.262. The van der Waals surface area contributed by atoms with Crippen molar-refractivity contribution in [2.75, 3.05) is 17.7 Å². The van der Waals surface area contributed by atoms with Gasteiger partial charge in [-0.25, -0.2) is 4.79 Å². The molecule has 0 saturated heterocycles. The minimum Gasteiger partial charge on any atom is -0.495 e. The van der Waals surface area contributed by atoms with Crippen LogP contribution in [0.3, 0.4) is 0 Å². The van der Waals surface area contributed by atoms with E-state index in [-0.39, 0.29) is 6.03 Å². The van der Waals surface area contributed by atoms with Gasteiger partial charge in [0, 0.05) is 10.7 Å². The molecule has 0 aromatic heterocycles. The van der Waals surface area contributed by atoms with Gasteiger partial charge in [-0.3, -0.25) is 0 Å². The van der Waals surface area contributed by atoms with Crippen LogP contribution in [0.2, 0.25) is 5.02 Å². The van der Waals surface area contributed by atoms with E-state index in [9.17, 15) is 4.79 Å². The number of aryl methyl sites for hydroxylation is 2. The zero-order valence-electron chi connectivity index (χ0n) is 13.6. The first-order valence-electron chi connectivity index (χ1n) is 7.61. The highest BCUT2D eigenvalue weighted by Gasteiger charge is 2.12. The zero-order valence-corrected chi connectivity index (χ0v) is 14.3. The third-order valence-corrected chi connectivity index (χ3v) is 3.88. The Morgan fingerprint density at radius 1 is 1.09 bits per heavy atom. The summed E-state index contributed by atoms with van der Waals surface area (Å²) in [5, 5.41) is 6.28. The lowest BCUT2D eigenvalue weighted by Gasteiger charge is -2.16. The number of hydrogen-bond acceptors (Lipinski definition) is 2. The molecule has 0 atom stereocenters. The van der Waals surface area contributed by atoms with E-state index in [1.165, 1.54) is 0 Å². The van der Waals surface area contributed by atoms with Crippen LogP contribution in [0.1, 0.15) is 25.0 Å². The SMILES string of the molecule is CCc1cccc(CC)c1NC(=O)Nc1cc(Cl)ccc1OC. The number of ether oxygens (including phenoxy) is 1. The number of amides is 2. The van der Waals surface area contributed by atoms with Gasteiger partial charge < -0.3 is 15.4 Å². The van der Waals surface area contributed by atoms with Crippen LogP contribution >= 0.6 is 11.6 Å². The fourth-order valence-electron chi connectivity index (χ4n) is 2.45. The standard InChI is InChI=1S/C18H21ClN2O2/c1-4-12-7-6-8-13(5-2)17(12)21-18(22)20-15-11-14(19)9-10-16(15)23-3/h6-11H,4-5H2,1-3H3,(H2,20,21,22). The number of nitrogens with one attached hydrogen (secondary N) is 2. The molecule has 0 spiro atoms.